The van der Waals surface area contributed by atoms with E-state index in [0.29, 0.717) is 12.2 Å². The van der Waals surface area contributed by atoms with E-state index in [1.165, 1.54) is 13.2 Å². The van der Waals surface area contributed by atoms with Crippen LogP contribution < -0.4 is 24.8 Å². The van der Waals surface area contributed by atoms with Crippen molar-refractivity contribution in [3.63, 3.8) is 0 Å². The van der Waals surface area contributed by atoms with Crippen LogP contribution >= 0.6 is 0 Å². The van der Waals surface area contributed by atoms with Gasteiger partial charge in [0.15, 0.2) is 11.5 Å². The average molecular weight is 463 g/mol. The number of alkyl halides is 4. The lowest BCUT2D eigenvalue weighted by Gasteiger charge is -2.31. The van der Waals surface area contributed by atoms with Crippen LogP contribution in [0.3, 0.4) is 0 Å². The lowest BCUT2D eigenvalue weighted by Crippen LogP contribution is -2.52. The molecule has 4 rings (SSSR count). The lowest BCUT2D eigenvalue weighted by atomic mass is 10.1. The van der Waals surface area contributed by atoms with Crippen LogP contribution in [0.5, 0.6) is 17.2 Å². The van der Waals surface area contributed by atoms with Crippen molar-refractivity contribution in [3.05, 3.63) is 72.1 Å². The Balaban J connectivity index is 1.58. The highest BCUT2D eigenvalue weighted by atomic mass is 19.3. The summed E-state index contributed by atoms with van der Waals surface area (Å²) in [5.41, 5.74) is 1.55. The topological polar surface area (TPSA) is 81.7 Å². The first kappa shape index (κ1) is 22.2. The van der Waals surface area contributed by atoms with Gasteiger partial charge in [-0.15, -0.1) is 0 Å². The third-order valence-electron chi connectivity index (χ3n) is 4.72. The van der Waals surface area contributed by atoms with Gasteiger partial charge in [-0.1, -0.05) is 6.07 Å². The van der Waals surface area contributed by atoms with Gasteiger partial charge in [-0.3, -0.25) is 9.78 Å². The Morgan fingerprint density at radius 3 is 2.39 bits per heavy atom. The highest BCUT2D eigenvalue weighted by molar-refractivity contribution is 6.10. The number of hydrogen-bond acceptors (Lipinski definition) is 6. The molecule has 7 nitrogen and oxygen atoms in total. The molecule has 0 saturated heterocycles. The zero-order chi connectivity index (χ0) is 23.6. The van der Waals surface area contributed by atoms with Crippen molar-refractivity contribution in [3.8, 4) is 17.2 Å². The quantitative estimate of drug-likeness (QED) is 0.506. The maximum absolute atomic E-state index is 13.5. The molecule has 1 aliphatic rings. The first-order valence-corrected chi connectivity index (χ1v) is 9.59. The van der Waals surface area contributed by atoms with E-state index in [-0.39, 0.29) is 17.0 Å². The Bertz CT molecular complexity index is 1180. The number of ether oxygens (including phenoxy) is 3. The summed E-state index contributed by atoms with van der Waals surface area (Å²) in [7, 11) is 1.39. The second kappa shape index (κ2) is 8.49. The molecule has 2 heterocycles. The summed E-state index contributed by atoms with van der Waals surface area (Å²) >= 11 is 0. The predicted octanol–water partition coefficient (Wildman–Crippen LogP) is 4.91. The molecule has 2 N–H and O–H groups in total. The minimum Gasteiger partial charge on any atom is -0.496 e. The van der Waals surface area contributed by atoms with Crippen molar-refractivity contribution >= 4 is 17.3 Å². The summed E-state index contributed by atoms with van der Waals surface area (Å²) in [5, 5.41) is 5.68. The van der Waals surface area contributed by atoms with E-state index in [9.17, 15) is 22.4 Å². The van der Waals surface area contributed by atoms with Gasteiger partial charge in [0.05, 0.1) is 12.8 Å². The number of amides is 1. The molecule has 33 heavy (non-hydrogen) atoms. The highest BCUT2D eigenvalue weighted by Crippen LogP contribution is 2.47. The van der Waals surface area contributed by atoms with Crippen LogP contribution in [0.25, 0.3) is 0 Å². The molecule has 0 bridgehead atoms. The molecule has 0 unspecified atom stereocenters. The van der Waals surface area contributed by atoms with Gasteiger partial charge in [-0.05, 0) is 42.0 Å². The zero-order valence-corrected chi connectivity index (χ0v) is 17.1. The predicted molar refractivity (Wildman–Crippen MR) is 110 cm³/mol. The molecule has 0 aliphatic carbocycles. The molecule has 0 fully saturated rings. The van der Waals surface area contributed by atoms with Gasteiger partial charge in [-0.2, -0.15) is 17.6 Å². The molecule has 11 heteroatoms. The van der Waals surface area contributed by atoms with Gasteiger partial charge in [0.2, 0.25) is 0 Å². The summed E-state index contributed by atoms with van der Waals surface area (Å²) in [5.74, 6) is -1.59. The SMILES string of the molecule is COc1cccc(NCc2ccncc2)c1C(=O)Nc1ccc2c(c1)OC(F)(F)C(F)(F)O2. The summed E-state index contributed by atoms with van der Waals surface area (Å²) < 4.78 is 67.1. The minimum absolute atomic E-state index is 0.0226. The van der Waals surface area contributed by atoms with E-state index in [4.69, 9.17) is 4.74 Å². The fourth-order valence-corrected chi connectivity index (χ4v) is 3.12. The number of methoxy groups -OCH3 is 1. The summed E-state index contributed by atoms with van der Waals surface area (Å²) in [6.45, 7) is 0.392. The molecular formula is C22H17F4N3O4. The van der Waals surface area contributed by atoms with E-state index in [2.05, 4.69) is 25.1 Å². The van der Waals surface area contributed by atoms with E-state index >= 15 is 0 Å². The minimum atomic E-state index is -4.87. The fourth-order valence-electron chi connectivity index (χ4n) is 3.12. The van der Waals surface area contributed by atoms with Crippen LogP contribution in [0.15, 0.2) is 60.9 Å². The molecule has 3 aromatic rings. The van der Waals surface area contributed by atoms with E-state index < -0.39 is 29.6 Å². The average Bonchev–Trinajstić information content (AvgIpc) is 2.78. The van der Waals surface area contributed by atoms with E-state index in [0.717, 1.165) is 17.7 Å². The maximum atomic E-state index is 13.5. The second-order valence-electron chi connectivity index (χ2n) is 6.95. The van der Waals surface area contributed by atoms with Crippen molar-refractivity contribution in [1.82, 2.24) is 4.98 Å². The Morgan fingerprint density at radius 1 is 1.00 bits per heavy atom. The van der Waals surface area contributed by atoms with Crippen molar-refractivity contribution in [2.45, 2.75) is 18.8 Å². The van der Waals surface area contributed by atoms with Crippen LogP contribution in [0.2, 0.25) is 0 Å². The van der Waals surface area contributed by atoms with Crippen molar-refractivity contribution in [2.24, 2.45) is 0 Å². The number of hydrogen-bond donors (Lipinski definition) is 2. The highest BCUT2D eigenvalue weighted by Gasteiger charge is 2.65. The van der Waals surface area contributed by atoms with Crippen LogP contribution in [0, 0.1) is 0 Å². The number of carbonyl (C=O) groups excluding carboxylic acids is 1. The molecule has 0 spiro atoms. The number of halogens is 4. The zero-order valence-electron chi connectivity index (χ0n) is 17.1. The summed E-state index contributed by atoms with van der Waals surface area (Å²) in [6, 6.07) is 11.7. The largest absolute Gasteiger partial charge is 0.507 e. The second-order valence-corrected chi connectivity index (χ2v) is 6.95. The molecule has 0 atom stereocenters. The molecule has 0 saturated carbocycles. The first-order chi connectivity index (χ1) is 15.7. The standard InChI is InChI=1S/C22H17F4N3O4/c1-31-17-4-2-3-15(28-12-13-7-9-27-10-8-13)19(17)20(30)29-14-5-6-16-18(11-14)33-22(25,26)21(23,24)32-16/h2-11,28H,12H2,1H3,(H,29,30). The maximum Gasteiger partial charge on any atom is 0.507 e. The number of nitrogens with one attached hydrogen (secondary N) is 2. The van der Waals surface area contributed by atoms with E-state index in [1.54, 1.807) is 42.7 Å². The molecule has 1 aliphatic heterocycles. The Kier molecular flexibility index (Phi) is 5.71. The number of carbonyl (C=O) groups is 1. The number of anilines is 2. The van der Waals surface area contributed by atoms with Gasteiger partial charge < -0.3 is 24.8 Å². The smallest absolute Gasteiger partial charge is 0.496 e. The molecule has 2 aromatic carbocycles. The number of fused-ring (bicyclic) bond motifs is 1. The van der Waals surface area contributed by atoms with E-state index in [1.807, 2.05) is 0 Å². The van der Waals surface area contributed by atoms with Gasteiger partial charge in [0.1, 0.15) is 11.3 Å². The monoisotopic (exact) mass is 463 g/mol. The van der Waals surface area contributed by atoms with Crippen LogP contribution in [-0.4, -0.2) is 30.2 Å². The third kappa shape index (κ3) is 4.47. The van der Waals surface area contributed by atoms with Gasteiger partial charge in [-0.25, -0.2) is 0 Å². The van der Waals surface area contributed by atoms with Crippen LogP contribution in [0.1, 0.15) is 15.9 Å². The van der Waals surface area contributed by atoms with Gasteiger partial charge >= 0.3 is 12.2 Å². The lowest BCUT2D eigenvalue weighted by molar-refractivity contribution is -0.391. The van der Waals surface area contributed by atoms with Crippen molar-refractivity contribution < 1.29 is 36.6 Å². The van der Waals surface area contributed by atoms with Crippen LogP contribution in [-0.2, 0) is 6.54 Å². The number of rotatable bonds is 6. The Hall–Kier alpha value is -4.02. The first-order valence-electron chi connectivity index (χ1n) is 9.59. The third-order valence-corrected chi connectivity index (χ3v) is 4.72. The number of aromatic nitrogens is 1. The number of benzene rings is 2. The molecule has 1 aromatic heterocycles. The summed E-state index contributed by atoms with van der Waals surface area (Å²) in [4.78, 5) is 17.0. The summed E-state index contributed by atoms with van der Waals surface area (Å²) in [6.07, 6.45) is -6.41. The van der Waals surface area contributed by atoms with Crippen molar-refractivity contribution in [1.29, 1.82) is 0 Å². The normalized spacial score (nSPS) is 15.4. The van der Waals surface area contributed by atoms with Gasteiger partial charge in [0, 0.05) is 30.7 Å². The molecule has 172 valence electrons. The molecular weight excluding hydrogens is 446 g/mol. The Morgan fingerprint density at radius 2 is 1.70 bits per heavy atom. The fraction of sp³-hybridized carbons (Fsp3) is 0.182. The number of pyridine rings is 1. The van der Waals surface area contributed by atoms with Gasteiger partial charge in [0.25, 0.3) is 5.91 Å². The Labute approximate surface area is 185 Å². The van der Waals surface area contributed by atoms with Crippen molar-refractivity contribution in [2.75, 3.05) is 17.7 Å². The molecule has 1 amide bonds. The van der Waals surface area contributed by atoms with Crippen LogP contribution in [0.4, 0.5) is 28.9 Å². The molecule has 0 radical (unpaired) electrons. The number of nitrogens with zero attached hydrogens (tertiary/aromatic N) is 1.